The van der Waals surface area contributed by atoms with Crippen molar-refractivity contribution in [2.75, 3.05) is 17.7 Å². The van der Waals surface area contributed by atoms with Gasteiger partial charge in [0.1, 0.15) is 11.5 Å². The maximum atomic E-state index is 12.2. The first-order valence-corrected chi connectivity index (χ1v) is 8.20. The van der Waals surface area contributed by atoms with Gasteiger partial charge in [0.2, 0.25) is 0 Å². The molecular formula is C20H18N4O3. The highest BCUT2D eigenvalue weighted by Crippen LogP contribution is 2.16. The van der Waals surface area contributed by atoms with Gasteiger partial charge in [-0.15, -0.1) is 0 Å². The summed E-state index contributed by atoms with van der Waals surface area (Å²) in [7, 11) is 1.33. The lowest BCUT2D eigenvalue weighted by Crippen LogP contribution is -2.14. The molecule has 3 aromatic rings. The molecule has 3 rings (SSSR count). The third-order valence-electron chi connectivity index (χ3n) is 3.75. The van der Waals surface area contributed by atoms with Crippen molar-refractivity contribution >= 4 is 29.1 Å². The third-order valence-corrected chi connectivity index (χ3v) is 3.75. The van der Waals surface area contributed by atoms with E-state index in [4.69, 9.17) is 4.74 Å². The first kappa shape index (κ1) is 18.1. The number of esters is 1. The molecular weight excluding hydrogens is 344 g/mol. The van der Waals surface area contributed by atoms with E-state index < -0.39 is 5.97 Å². The predicted octanol–water partition coefficient (Wildman–Crippen LogP) is 3.57. The quantitative estimate of drug-likeness (QED) is 0.674. The Balaban J connectivity index is 1.67. The smallest absolute Gasteiger partial charge is 0.337 e. The number of carbonyl (C=O) groups excluding carboxylic acids is 2. The topological polar surface area (TPSA) is 93.2 Å². The maximum Gasteiger partial charge on any atom is 0.337 e. The van der Waals surface area contributed by atoms with Gasteiger partial charge in [0.15, 0.2) is 0 Å². The summed E-state index contributed by atoms with van der Waals surface area (Å²) in [4.78, 5) is 32.1. The second kappa shape index (κ2) is 8.09. The Bertz CT molecular complexity index is 954. The first-order valence-electron chi connectivity index (χ1n) is 8.20. The van der Waals surface area contributed by atoms with Crippen molar-refractivity contribution in [1.82, 2.24) is 9.97 Å². The molecule has 0 aliphatic heterocycles. The van der Waals surface area contributed by atoms with Gasteiger partial charge in [0.25, 0.3) is 5.91 Å². The summed E-state index contributed by atoms with van der Waals surface area (Å²) < 4.78 is 4.70. The molecule has 0 aliphatic carbocycles. The average molecular weight is 362 g/mol. The number of anilines is 3. The summed E-state index contributed by atoms with van der Waals surface area (Å²) in [6, 6.07) is 14.3. The van der Waals surface area contributed by atoms with Gasteiger partial charge in [-0.05, 0) is 37.3 Å². The second-order valence-electron chi connectivity index (χ2n) is 5.80. The number of nitrogens with zero attached hydrogens (tertiary/aromatic N) is 2. The number of hydrogen-bond donors (Lipinski definition) is 2. The van der Waals surface area contributed by atoms with Gasteiger partial charge in [0, 0.05) is 11.4 Å². The number of benzene rings is 2. The van der Waals surface area contributed by atoms with E-state index in [0.717, 1.165) is 5.56 Å². The van der Waals surface area contributed by atoms with Gasteiger partial charge in [-0.2, -0.15) is 0 Å². The van der Waals surface area contributed by atoms with Crippen molar-refractivity contribution in [3.05, 3.63) is 77.7 Å². The Morgan fingerprint density at radius 2 is 1.74 bits per heavy atom. The molecule has 2 N–H and O–H groups in total. The van der Waals surface area contributed by atoms with E-state index in [1.165, 1.54) is 19.5 Å². The van der Waals surface area contributed by atoms with Crippen LogP contribution >= 0.6 is 0 Å². The number of rotatable bonds is 5. The van der Waals surface area contributed by atoms with Gasteiger partial charge in [-0.1, -0.05) is 23.8 Å². The number of ether oxygens (including phenoxy) is 1. The van der Waals surface area contributed by atoms with Crippen molar-refractivity contribution in [3.63, 3.8) is 0 Å². The van der Waals surface area contributed by atoms with Crippen molar-refractivity contribution in [2.45, 2.75) is 6.92 Å². The number of carbonyl (C=O) groups is 2. The molecule has 0 aliphatic rings. The summed E-state index contributed by atoms with van der Waals surface area (Å²) in [6.45, 7) is 1.98. The van der Waals surface area contributed by atoms with Gasteiger partial charge in [-0.25, -0.2) is 14.8 Å². The highest BCUT2D eigenvalue weighted by Gasteiger charge is 2.10. The zero-order valence-corrected chi connectivity index (χ0v) is 14.9. The van der Waals surface area contributed by atoms with Crippen LogP contribution in [-0.2, 0) is 4.74 Å². The van der Waals surface area contributed by atoms with Crippen molar-refractivity contribution in [2.24, 2.45) is 0 Å². The monoisotopic (exact) mass is 362 g/mol. The van der Waals surface area contributed by atoms with Crippen LogP contribution in [0.25, 0.3) is 0 Å². The lowest BCUT2D eigenvalue weighted by molar-refractivity contribution is 0.0600. The van der Waals surface area contributed by atoms with E-state index in [-0.39, 0.29) is 11.6 Å². The van der Waals surface area contributed by atoms with E-state index in [0.29, 0.717) is 22.8 Å². The van der Waals surface area contributed by atoms with E-state index >= 15 is 0 Å². The van der Waals surface area contributed by atoms with E-state index in [2.05, 4.69) is 20.6 Å². The zero-order chi connectivity index (χ0) is 19.2. The molecule has 1 amide bonds. The van der Waals surface area contributed by atoms with Crippen LogP contribution in [0.2, 0.25) is 0 Å². The molecule has 0 saturated heterocycles. The van der Waals surface area contributed by atoms with Gasteiger partial charge in [0.05, 0.1) is 25.1 Å². The minimum Gasteiger partial charge on any atom is -0.465 e. The number of methoxy groups -OCH3 is 1. The molecule has 136 valence electrons. The lowest BCUT2D eigenvalue weighted by atomic mass is 10.2. The number of aromatic nitrogens is 2. The number of aryl methyl sites for hydroxylation is 1. The summed E-state index contributed by atoms with van der Waals surface area (Å²) >= 11 is 0. The fourth-order valence-electron chi connectivity index (χ4n) is 2.33. The van der Waals surface area contributed by atoms with Gasteiger partial charge < -0.3 is 15.4 Å². The SMILES string of the molecule is COC(=O)c1cccc(Nc2cnc(C(=O)Nc3ccc(C)cc3)cn2)c1. The van der Waals surface area contributed by atoms with Crippen molar-refractivity contribution in [3.8, 4) is 0 Å². The van der Waals surface area contributed by atoms with Crippen LogP contribution in [0, 0.1) is 6.92 Å². The highest BCUT2D eigenvalue weighted by molar-refractivity contribution is 6.02. The van der Waals surface area contributed by atoms with Crippen LogP contribution in [-0.4, -0.2) is 29.0 Å². The molecule has 7 nitrogen and oxygen atoms in total. The van der Waals surface area contributed by atoms with Gasteiger partial charge >= 0.3 is 5.97 Å². The minimum atomic E-state index is -0.423. The lowest BCUT2D eigenvalue weighted by Gasteiger charge is -2.08. The minimum absolute atomic E-state index is 0.199. The highest BCUT2D eigenvalue weighted by atomic mass is 16.5. The second-order valence-corrected chi connectivity index (χ2v) is 5.80. The molecule has 0 saturated carbocycles. The molecule has 0 atom stereocenters. The summed E-state index contributed by atoms with van der Waals surface area (Å²) in [5.41, 5.74) is 3.08. The van der Waals surface area contributed by atoms with Gasteiger partial charge in [-0.3, -0.25) is 4.79 Å². The molecule has 27 heavy (non-hydrogen) atoms. The van der Waals surface area contributed by atoms with E-state index in [1.54, 1.807) is 24.3 Å². The Morgan fingerprint density at radius 3 is 2.41 bits per heavy atom. The Labute approximate surface area is 156 Å². The standard InChI is InChI=1S/C20H18N4O3/c1-13-6-8-15(9-7-13)24-19(25)17-11-22-18(12-21-17)23-16-5-3-4-14(10-16)20(26)27-2/h3-12H,1-2H3,(H,22,23)(H,24,25). The molecule has 0 bridgehead atoms. The largest absolute Gasteiger partial charge is 0.465 e. The molecule has 7 heteroatoms. The third kappa shape index (κ3) is 4.66. The molecule has 1 heterocycles. The van der Waals surface area contributed by atoms with Crippen LogP contribution in [0.1, 0.15) is 26.4 Å². The van der Waals surface area contributed by atoms with Crippen LogP contribution in [0.15, 0.2) is 60.9 Å². The Hall–Kier alpha value is -3.74. The molecule has 0 unspecified atom stereocenters. The van der Waals surface area contributed by atoms with Crippen LogP contribution < -0.4 is 10.6 Å². The molecule has 0 radical (unpaired) electrons. The molecule has 1 aromatic heterocycles. The van der Waals surface area contributed by atoms with Crippen LogP contribution in [0.5, 0.6) is 0 Å². The molecule has 0 spiro atoms. The zero-order valence-electron chi connectivity index (χ0n) is 14.9. The molecule has 0 fully saturated rings. The summed E-state index contributed by atoms with van der Waals surface area (Å²) in [5, 5.41) is 5.80. The fraction of sp³-hybridized carbons (Fsp3) is 0.100. The molecule has 2 aromatic carbocycles. The fourth-order valence-corrected chi connectivity index (χ4v) is 2.33. The van der Waals surface area contributed by atoms with Crippen molar-refractivity contribution in [1.29, 1.82) is 0 Å². The van der Waals surface area contributed by atoms with E-state index in [1.807, 2.05) is 31.2 Å². The first-order chi connectivity index (χ1) is 13.0. The Morgan fingerprint density at radius 1 is 0.963 bits per heavy atom. The maximum absolute atomic E-state index is 12.2. The average Bonchev–Trinajstić information content (AvgIpc) is 2.70. The van der Waals surface area contributed by atoms with Crippen LogP contribution in [0.3, 0.4) is 0 Å². The number of amides is 1. The number of hydrogen-bond acceptors (Lipinski definition) is 6. The normalized spacial score (nSPS) is 10.1. The van der Waals surface area contributed by atoms with Crippen molar-refractivity contribution < 1.29 is 14.3 Å². The summed E-state index contributed by atoms with van der Waals surface area (Å²) in [5.74, 6) is -0.317. The Kier molecular flexibility index (Phi) is 5.41. The summed E-state index contributed by atoms with van der Waals surface area (Å²) in [6.07, 6.45) is 2.84. The van der Waals surface area contributed by atoms with Crippen LogP contribution in [0.4, 0.5) is 17.2 Å². The van der Waals surface area contributed by atoms with E-state index in [9.17, 15) is 9.59 Å². The predicted molar refractivity (Wildman–Crippen MR) is 102 cm³/mol. The number of nitrogens with one attached hydrogen (secondary N) is 2.